The highest BCUT2D eigenvalue weighted by Gasteiger charge is 2.27. The van der Waals surface area contributed by atoms with Crippen molar-refractivity contribution in [2.75, 3.05) is 26.8 Å². The highest BCUT2D eigenvalue weighted by molar-refractivity contribution is 7.92. The molecule has 1 aromatic rings. The van der Waals surface area contributed by atoms with E-state index in [0.717, 1.165) is 4.31 Å². The van der Waals surface area contributed by atoms with E-state index in [1.165, 1.54) is 31.3 Å². The Bertz CT molecular complexity index is 655. The Morgan fingerprint density at radius 1 is 1.15 bits per heavy atom. The Kier molecular flexibility index (Phi) is 5.66. The van der Waals surface area contributed by atoms with E-state index < -0.39 is 24.9 Å². The van der Waals surface area contributed by atoms with E-state index in [0.29, 0.717) is 6.61 Å². The predicted octanol–water partition coefficient (Wildman–Crippen LogP) is -0.00900. The molecule has 1 aromatic carbocycles. The Hall–Kier alpha value is -1.00. The van der Waals surface area contributed by atoms with Crippen LogP contribution >= 0.6 is 0 Å². The normalized spacial score (nSPS) is 12.8. The molecule has 2 N–H and O–H groups in total. The fraction of sp³-hybridized carbons (Fsp3) is 0.455. The standard InChI is InChI=1S/C11H18N2O5S2/c1-3-18-9-8-13(2)20(16,17)11-7-5-4-6-10(11)19(12,14)15/h4-7H,3,8-9H2,1-2H3,(H2,12,14,15). The lowest BCUT2D eigenvalue weighted by Crippen LogP contribution is -2.31. The summed E-state index contributed by atoms with van der Waals surface area (Å²) in [5.74, 6) is 0. The van der Waals surface area contributed by atoms with Gasteiger partial charge in [-0.1, -0.05) is 12.1 Å². The molecule has 0 saturated heterocycles. The number of rotatable bonds is 7. The summed E-state index contributed by atoms with van der Waals surface area (Å²) in [6.07, 6.45) is 0. The number of nitrogens with zero attached hydrogens (tertiary/aromatic N) is 1. The SMILES string of the molecule is CCOCCN(C)S(=O)(=O)c1ccccc1S(N)(=O)=O. The number of hydrogen-bond donors (Lipinski definition) is 1. The monoisotopic (exact) mass is 322 g/mol. The second-order valence-electron chi connectivity index (χ2n) is 4.02. The fourth-order valence-corrected chi connectivity index (χ4v) is 4.03. The van der Waals surface area contributed by atoms with Gasteiger partial charge < -0.3 is 4.74 Å². The summed E-state index contributed by atoms with van der Waals surface area (Å²) in [7, 11) is -6.70. The Balaban J connectivity index is 3.17. The van der Waals surface area contributed by atoms with Crippen molar-refractivity contribution in [3.8, 4) is 0 Å². The van der Waals surface area contributed by atoms with E-state index in [-0.39, 0.29) is 18.0 Å². The van der Waals surface area contributed by atoms with Gasteiger partial charge in [-0.25, -0.2) is 22.0 Å². The number of likely N-dealkylation sites (N-methyl/N-ethyl adjacent to an activating group) is 1. The van der Waals surface area contributed by atoms with Crippen LogP contribution in [-0.2, 0) is 24.8 Å². The van der Waals surface area contributed by atoms with Crippen LogP contribution in [0.25, 0.3) is 0 Å². The summed E-state index contributed by atoms with van der Waals surface area (Å²) in [5, 5.41) is 5.04. The molecule has 20 heavy (non-hydrogen) atoms. The molecule has 0 unspecified atom stereocenters. The lowest BCUT2D eigenvalue weighted by Gasteiger charge is -2.18. The zero-order valence-corrected chi connectivity index (χ0v) is 12.9. The van der Waals surface area contributed by atoms with Gasteiger partial charge in [-0.05, 0) is 19.1 Å². The molecular weight excluding hydrogens is 304 g/mol. The van der Waals surface area contributed by atoms with Gasteiger partial charge in [0.2, 0.25) is 20.0 Å². The molecule has 0 atom stereocenters. The number of nitrogens with two attached hydrogens (primary N) is 1. The average Bonchev–Trinajstić information content (AvgIpc) is 2.38. The highest BCUT2D eigenvalue weighted by Crippen LogP contribution is 2.22. The van der Waals surface area contributed by atoms with E-state index in [1.54, 1.807) is 6.92 Å². The Labute approximate surface area is 119 Å². The molecule has 114 valence electrons. The smallest absolute Gasteiger partial charge is 0.244 e. The first-order valence-corrected chi connectivity index (χ1v) is 8.85. The summed E-state index contributed by atoms with van der Waals surface area (Å²) in [4.78, 5) is -0.746. The molecule has 0 aliphatic heterocycles. The van der Waals surface area contributed by atoms with Crippen LogP contribution in [-0.4, -0.2) is 47.9 Å². The maximum Gasteiger partial charge on any atom is 0.244 e. The second kappa shape index (κ2) is 6.64. The third-order valence-electron chi connectivity index (χ3n) is 2.60. The van der Waals surface area contributed by atoms with Gasteiger partial charge in [0, 0.05) is 20.2 Å². The minimum atomic E-state index is -4.11. The van der Waals surface area contributed by atoms with Crippen LogP contribution in [0.5, 0.6) is 0 Å². The lowest BCUT2D eigenvalue weighted by atomic mass is 10.4. The van der Waals surface area contributed by atoms with E-state index in [1.807, 2.05) is 0 Å². The number of primary sulfonamides is 1. The minimum absolute atomic E-state index is 0.120. The summed E-state index contributed by atoms with van der Waals surface area (Å²) in [6, 6.07) is 5.24. The topological polar surface area (TPSA) is 107 Å². The number of hydrogen-bond acceptors (Lipinski definition) is 5. The van der Waals surface area contributed by atoms with Crippen LogP contribution in [0.4, 0.5) is 0 Å². The average molecular weight is 322 g/mol. The van der Waals surface area contributed by atoms with Gasteiger partial charge in [0.25, 0.3) is 0 Å². The van der Waals surface area contributed by atoms with Gasteiger partial charge in [-0.15, -0.1) is 0 Å². The molecule has 1 rings (SSSR count). The largest absolute Gasteiger partial charge is 0.380 e. The molecule has 0 spiro atoms. The third kappa shape index (κ3) is 4.00. The quantitative estimate of drug-likeness (QED) is 0.711. The van der Waals surface area contributed by atoms with Crippen molar-refractivity contribution in [1.82, 2.24) is 4.31 Å². The molecule has 0 aromatic heterocycles. The van der Waals surface area contributed by atoms with Gasteiger partial charge in [-0.3, -0.25) is 0 Å². The summed E-state index contributed by atoms with van der Waals surface area (Å²) < 4.78 is 53.7. The summed E-state index contributed by atoms with van der Waals surface area (Å²) in [6.45, 7) is 2.62. The molecule has 0 radical (unpaired) electrons. The van der Waals surface area contributed by atoms with Crippen molar-refractivity contribution < 1.29 is 21.6 Å². The molecule has 9 heteroatoms. The van der Waals surface area contributed by atoms with Crippen molar-refractivity contribution in [2.45, 2.75) is 16.7 Å². The van der Waals surface area contributed by atoms with Crippen LogP contribution in [0.2, 0.25) is 0 Å². The van der Waals surface area contributed by atoms with Gasteiger partial charge in [0.1, 0.15) is 9.79 Å². The van der Waals surface area contributed by atoms with Crippen LogP contribution in [0.3, 0.4) is 0 Å². The molecule has 0 fully saturated rings. The van der Waals surface area contributed by atoms with Crippen LogP contribution in [0.15, 0.2) is 34.1 Å². The summed E-state index contributed by atoms with van der Waals surface area (Å²) in [5.41, 5.74) is 0. The zero-order valence-electron chi connectivity index (χ0n) is 11.3. The van der Waals surface area contributed by atoms with Gasteiger partial charge in [0.15, 0.2) is 0 Å². The first-order valence-electron chi connectivity index (χ1n) is 5.87. The predicted molar refractivity (Wildman–Crippen MR) is 74.1 cm³/mol. The fourth-order valence-electron chi connectivity index (χ4n) is 1.52. The van der Waals surface area contributed by atoms with Gasteiger partial charge in [0.05, 0.1) is 6.61 Å². The zero-order chi connectivity index (χ0) is 15.4. The third-order valence-corrected chi connectivity index (χ3v) is 5.61. The highest BCUT2D eigenvalue weighted by atomic mass is 32.2. The number of benzene rings is 1. The maximum atomic E-state index is 12.3. The van der Waals surface area contributed by atoms with Crippen LogP contribution < -0.4 is 5.14 Å². The minimum Gasteiger partial charge on any atom is -0.380 e. The molecule has 0 heterocycles. The number of sulfonamides is 2. The van der Waals surface area contributed by atoms with E-state index in [4.69, 9.17) is 9.88 Å². The van der Waals surface area contributed by atoms with E-state index in [9.17, 15) is 16.8 Å². The van der Waals surface area contributed by atoms with Crippen molar-refractivity contribution in [3.05, 3.63) is 24.3 Å². The number of ether oxygens (including phenoxy) is 1. The molecule has 7 nitrogen and oxygen atoms in total. The molecule has 0 bridgehead atoms. The molecule has 0 amide bonds. The van der Waals surface area contributed by atoms with Crippen LogP contribution in [0.1, 0.15) is 6.92 Å². The van der Waals surface area contributed by atoms with Crippen molar-refractivity contribution >= 4 is 20.0 Å². The van der Waals surface area contributed by atoms with Gasteiger partial charge in [-0.2, -0.15) is 4.31 Å². The van der Waals surface area contributed by atoms with Gasteiger partial charge >= 0.3 is 0 Å². The first kappa shape index (κ1) is 17.1. The van der Waals surface area contributed by atoms with Crippen molar-refractivity contribution in [1.29, 1.82) is 0 Å². The van der Waals surface area contributed by atoms with Crippen LogP contribution in [0, 0.1) is 0 Å². The van der Waals surface area contributed by atoms with Crippen molar-refractivity contribution in [3.63, 3.8) is 0 Å². The first-order chi connectivity index (χ1) is 9.21. The van der Waals surface area contributed by atoms with E-state index in [2.05, 4.69) is 0 Å². The molecule has 0 saturated carbocycles. The summed E-state index contributed by atoms with van der Waals surface area (Å²) >= 11 is 0. The Morgan fingerprint density at radius 2 is 1.70 bits per heavy atom. The molecule has 0 aliphatic rings. The molecular formula is C11H18N2O5S2. The van der Waals surface area contributed by atoms with Crippen molar-refractivity contribution in [2.24, 2.45) is 5.14 Å². The Morgan fingerprint density at radius 3 is 2.20 bits per heavy atom. The maximum absolute atomic E-state index is 12.3. The lowest BCUT2D eigenvalue weighted by molar-refractivity contribution is 0.138. The van der Waals surface area contributed by atoms with E-state index >= 15 is 0 Å². The second-order valence-corrected chi connectivity index (χ2v) is 7.56. The molecule has 0 aliphatic carbocycles.